The average Bonchev–Trinajstić information content (AvgIpc) is 2.48. The summed E-state index contributed by atoms with van der Waals surface area (Å²) in [6.07, 6.45) is 3.40. The maximum absolute atomic E-state index is 6.08. The highest BCUT2D eigenvalue weighted by molar-refractivity contribution is 5.43. The third-order valence-electron chi connectivity index (χ3n) is 4.15. The van der Waals surface area contributed by atoms with Crippen molar-refractivity contribution in [3.8, 4) is 11.5 Å². The Morgan fingerprint density at radius 2 is 2.05 bits per heavy atom. The van der Waals surface area contributed by atoms with Crippen molar-refractivity contribution in [3.63, 3.8) is 0 Å². The van der Waals surface area contributed by atoms with Crippen LogP contribution in [0.3, 0.4) is 0 Å². The van der Waals surface area contributed by atoms with Gasteiger partial charge in [0.05, 0.1) is 25.9 Å². The highest BCUT2D eigenvalue weighted by Crippen LogP contribution is 2.40. The first-order valence-electron chi connectivity index (χ1n) is 7.18. The maximum Gasteiger partial charge on any atom is 0.127 e. The van der Waals surface area contributed by atoms with Crippen LogP contribution in [0.4, 0.5) is 0 Å². The topological polar surface area (TPSA) is 39.7 Å². The summed E-state index contributed by atoms with van der Waals surface area (Å²) in [6, 6.07) is 6.05. The monoisotopic (exact) mass is 279 g/mol. The van der Waals surface area contributed by atoms with Gasteiger partial charge in [-0.1, -0.05) is 0 Å². The summed E-state index contributed by atoms with van der Waals surface area (Å²) in [6.45, 7) is 3.00. The lowest BCUT2D eigenvalue weighted by Gasteiger charge is -2.41. The van der Waals surface area contributed by atoms with Gasteiger partial charge in [-0.2, -0.15) is 0 Å². The maximum atomic E-state index is 6.08. The summed E-state index contributed by atoms with van der Waals surface area (Å²) < 4.78 is 16.9. The molecule has 2 unspecified atom stereocenters. The quantitative estimate of drug-likeness (QED) is 0.899. The predicted molar refractivity (Wildman–Crippen MR) is 79.6 cm³/mol. The Morgan fingerprint density at radius 1 is 1.25 bits per heavy atom. The molecule has 4 nitrogen and oxygen atoms in total. The fourth-order valence-corrected chi connectivity index (χ4v) is 3.03. The Labute approximate surface area is 121 Å². The number of methoxy groups -OCH3 is 2. The second kappa shape index (κ2) is 6.46. The van der Waals surface area contributed by atoms with Gasteiger partial charge in [0, 0.05) is 18.2 Å². The lowest BCUT2D eigenvalue weighted by atomic mass is 9.84. The van der Waals surface area contributed by atoms with Crippen molar-refractivity contribution in [3.05, 3.63) is 23.8 Å². The molecule has 1 saturated heterocycles. The molecule has 1 aromatic carbocycles. The summed E-state index contributed by atoms with van der Waals surface area (Å²) in [7, 11) is 5.32. The molecular weight excluding hydrogens is 254 g/mol. The lowest BCUT2D eigenvalue weighted by Crippen LogP contribution is -2.45. The first-order chi connectivity index (χ1) is 9.64. The predicted octanol–water partition coefficient (Wildman–Crippen LogP) is 2.92. The van der Waals surface area contributed by atoms with E-state index in [9.17, 15) is 0 Å². The van der Waals surface area contributed by atoms with Crippen molar-refractivity contribution in [1.29, 1.82) is 0 Å². The number of hydrogen-bond donors (Lipinski definition) is 1. The van der Waals surface area contributed by atoms with Crippen LogP contribution in [0.15, 0.2) is 18.2 Å². The Kier molecular flexibility index (Phi) is 4.89. The molecule has 1 heterocycles. The standard InChI is InChI=1S/C16H25NO3/c1-16(9-5-6-10-20-16)15(17-2)13-8-7-12(18-3)11-14(13)19-4/h7-8,11,15,17H,5-6,9-10H2,1-4H3. The van der Waals surface area contributed by atoms with E-state index in [0.29, 0.717) is 0 Å². The molecule has 1 aliphatic heterocycles. The second-order valence-electron chi connectivity index (χ2n) is 5.45. The molecule has 1 fully saturated rings. The van der Waals surface area contributed by atoms with Crippen LogP contribution < -0.4 is 14.8 Å². The van der Waals surface area contributed by atoms with Crippen LogP contribution in [0.25, 0.3) is 0 Å². The smallest absolute Gasteiger partial charge is 0.127 e. The first kappa shape index (κ1) is 15.1. The Morgan fingerprint density at radius 3 is 2.60 bits per heavy atom. The zero-order valence-electron chi connectivity index (χ0n) is 12.9. The number of ether oxygens (including phenoxy) is 3. The average molecular weight is 279 g/mol. The lowest BCUT2D eigenvalue weighted by molar-refractivity contribution is -0.0887. The molecular formula is C16H25NO3. The minimum Gasteiger partial charge on any atom is -0.497 e. The normalized spacial score (nSPS) is 24.2. The van der Waals surface area contributed by atoms with E-state index in [1.54, 1.807) is 14.2 Å². The molecule has 20 heavy (non-hydrogen) atoms. The summed E-state index contributed by atoms with van der Waals surface area (Å²) in [5.41, 5.74) is 0.912. The van der Waals surface area contributed by atoms with Crippen molar-refractivity contribution >= 4 is 0 Å². The Balaban J connectivity index is 2.35. The minimum absolute atomic E-state index is 0.101. The van der Waals surface area contributed by atoms with E-state index in [0.717, 1.165) is 36.5 Å². The fraction of sp³-hybridized carbons (Fsp3) is 0.625. The van der Waals surface area contributed by atoms with E-state index in [4.69, 9.17) is 14.2 Å². The Hall–Kier alpha value is -1.26. The number of benzene rings is 1. The molecule has 0 aliphatic carbocycles. The van der Waals surface area contributed by atoms with Crippen LogP contribution in [0.2, 0.25) is 0 Å². The van der Waals surface area contributed by atoms with Gasteiger partial charge >= 0.3 is 0 Å². The van der Waals surface area contributed by atoms with E-state index in [1.165, 1.54) is 6.42 Å². The van der Waals surface area contributed by atoms with Gasteiger partial charge in [-0.3, -0.25) is 0 Å². The van der Waals surface area contributed by atoms with Crippen molar-refractivity contribution in [2.24, 2.45) is 0 Å². The molecule has 0 aromatic heterocycles. The molecule has 2 atom stereocenters. The third-order valence-corrected chi connectivity index (χ3v) is 4.15. The molecule has 4 heteroatoms. The number of hydrogen-bond acceptors (Lipinski definition) is 4. The van der Waals surface area contributed by atoms with E-state index in [-0.39, 0.29) is 11.6 Å². The molecule has 0 saturated carbocycles. The van der Waals surface area contributed by atoms with Gasteiger partial charge in [0.2, 0.25) is 0 Å². The van der Waals surface area contributed by atoms with Crippen LogP contribution in [0.1, 0.15) is 37.8 Å². The van der Waals surface area contributed by atoms with E-state index in [1.807, 2.05) is 19.2 Å². The number of likely N-dealkylation sites (N-methyl/N-ethyl adjacent to an activating group) is 1. The highest BCUT2D eigenvalue weighted by atomic mass is 16.5. The molecule has 0 spiro atoms. The third kappa shape index (κ3) is 2.91. The van der Waals surface area contributed by atoms with Crippen LogP contribution in [-0.2, 0) is 4.74 Å². The fourth-order valence-electron chi connectivity index (χ4n) is 3.03. The van der Waals surface area contributed by atoms with Crippen LogP contribution >= 0.6 is 0 Å². The van der Waals surface area contributed by atoms with Gasteiger partial charge in [0.1, 0.15) is 11.5 Å². The molecule has 1 N–H and O–H groups in total. The van der Waals surface area contributed by atoms with Gasteiger partial charge < -0.3 is 19.5 Å². The SMILES string of the molecule is CNC(c1ccc(OC)cc1OC)C1(C)CCCCO1. The molecule has 2 rings (SSSR count). The zero-order valence-corrected chi connectivity index (χ0v) is 12.9. The van der Waals surface area contributed by atoms with Gasteiger partial charge in [-0.15, -0.1) is 0 Å². The molecule has 0 amide bonds. The summed E-state index contributed by atoms with van der Waals surface area (Å²) in [5.74, 6) is 1.63. The molecule has 112 valence electrons. The molecule has 1 aromatic rings. The first-order valence-corrected chi connectivity index (χ1v) is 7.18. The summed E-state index contributed by atoms with van der Waals surface area (Å²) in [4.78, 5) is 0. The molecule has 1 aliphatic rings. The van der Waals surface area contributed by atoms with Crippen LogP contribution in [-0.4, -0.2) is 33.5 Å². The largest absolute Gasteiger partial charge is 0.497 e. The zero-order chi connectivity index (χ0) is 14.6. The van der Waals surface area contributed by atoms with Crippen LogP contribution in [0, 0.1) is 0 Å². The minimum atomic E-state index is -0.200. The van der Waals surface area contributed by atoms with E-state index >= 15 is 0 Å². The van der Waals surface area contributed by atoms with Crippen LogP contribution in [0.5, 0.6) is 11.5 Å². The Bertz CT molecular complexity index is 441. The van der Waals surface area contributed by atoms with Gasteiger partial charge in [0.15, 0.2) is 0 Å². The summed E-state index contributed by atoms with van der Waals surface area (Å²) in [5, 5.41) is 3.39. The van der Waals surface area contributed by atoms with Gasteiger partial charge in [-0.05, 0) is 45.4 Å². The molecule has 0 radical (unpaired) electrons. The number of rotatable bonds is 5. The van der Waals surface area contributed by atoms with Gasteiger partial charge in [-0.25, -0.2) is 0 Å². The van der Waals surface area contributed by atoms with Crippen molar-refractivity contribution in [1.82, 2.24) is 5.32 Å². The summed E-state index contributed by atoms with van der Waals surface area (Å²) >= 11 is 0. The second-order valence-corrected chi connectivity index (χ2v) is 5.45. The van der Waals surface area contributed by atoms with Gasteiger partial charge in [0.25, 0.3) is 0 Å². The van der Waals surface area contributed by atoms with Crippen molar-refractivity contribution in [2.45, 2.75) is 37.8 Å². The number of nitrogens with one attached hydrogen (secondary N) is 1. The molecule has 0 bridgehead atoms. The van der Waals surface area contributed by atoms with E-state index in [2.05, 4.69) is 18.3 Å². The van der Waals surface area contributed by atoms with E-state index < -0.39 is 0 Å². The van der Waals surface area contributed by atoms with Crippen molar-refractivity contribution in [2.75, 3.05) is 27.9 Å². The highest BCUT2D eigenvalue weighted by Gasteiger charge is 2.38. The van der Waals surface area contributed by atoms with Crippen molar-refractivity contribution < 1.29 is 14.2 Å².